The Hall–Kier alpha value is -2.22. The van der Waals surface area contributed by atoms with Gasteiger partial charge in [0, 0.05) is 50.9 Å². The first kappa shape index (κ1) is 20.7. The van der Waals surface area contributed by atoms with Crippen molar-refractivity contribution in [3.05, 3.63) is 65.2 Å². The summed E-state index contributed by atoms with van der Waals surface area (Å²) >= 11 is 0. The molecular formula is C24H29N3O3S. The van der Waals surface area contributed by atoms with Crippen LogP contribution >= 0.6 is 0 Å². The lowest BCUT2D eigenvalue weighted by Gasteiger charge is -2.43. The van der Waals surface area contributed by atoms with E-state index in [1.54, 1.807) is 24.3 Å². The Morgan fingerprint density at radius 1 is 0.871 bits per heavy atom. The second-order valence-corrected chi connectivity index (χ2v) is 10.7. The Bertz CT molecular complexity index is 1060. The lowest BCUT2D eigenvalue weighted by atomic mass is 9.91. The van der Waals surface area contributed by atoms with Gasteiger partial charge in [0.15, 0.2) is 0 Å². The number of piperazine rings is 1. The first-order chi connectivity index (χ1) is 15.0. The van der Waals surface area contributed by atoms with E-state index in [4.69, 9.17) is 0 Å². The fraction of sp³-hybridized carbons (Fsp3) is 0.458. The van der Waals surface area contributed by atoms with Crippen LogP contribution in [0.25, 0.3) is 0 Å². The summed E-state index contributed by atoms with van der Waals surface area (Å²) in [6.07, 6.45) is 4.56. The Balaban J connectivity index is 1.26. The zero-order chi connectivity index (χ0) is 21.4. The highest BCUT2D eigenvalue weighted by atomic mass is 32.2. The van der Waals surface area contributed by atoms with E-state index in [0.717, 1.165) is 48.9 Å². The van der Waals surface area contributed by atoms with Gasteiger partial charge in [-0.2, -0.15) is 4.31 Å². The maximum atomic E-state index is 13.1. The number of carbonyl (C=O) groups excluding carboxylic acids is 1. The number of hydrogen-bond donors (Lipinski definition) is 0. The van der Waals surface area contributed by atoms with Gasteiger partial charge in [-0.15, -0.1) is 0 Å². The lowest BCUT2D eigenvalue weighted by molar-refractivity contribution is 0.0455. The number of amides is 1. The van der Waals surface area contributed by atoms with Gasteiger partial charge in [-0.25, -0.2) is 8.42 Å². The molecule has 3 aliphatic rings. The smallest absolute Gasteiger partial charge is 0.253 e. The number of fused-ring (bicyclic) bond motifs is 1. The van der Waals surface area contributed by atoms with Gasteiger partial charge in [0.1, 0.15) is 0 Å². The number of nitrogens with zero attached hydrogens (tertiary/aromatic N) is 3. The average molecular weight is 440 g/mol. The number of carbonyl (C=O) groups is 1. The van der Waals surface area contributed by atoms with Crippen molar-refractivity contribution in [2.75, 3.05) is 32.7 Å². The van der Waals surface area contributed by atoms with Crippen LogP contribution in [0.2, 0.25) is 0 Å². The topological polar surface area (TPSA) is 60.9 Å². The summed E-state index contributed by atoms with van der Waals surface area (Å²) < 4.78 is 27.4. The molecule has 1 saturated carbocycles. The van der Waals surface area contributed by atoms with Gasteiger partial charge in [-0.05, 0) is 54.7 Å². The number of sulfonamides is 1. The van der Waals surface area contributed by atoms with Gasteiger partial charge < -0.3 is 4.90 Å². The van der Waals surface area contributed by atoms with E-state index in [1.807, 2.05) is 29.2 Å². The molecule has 1 aliphatic carbocycles. The summed E-state index contributed by atoms with van der Waals surface area (Å²) in [6.45, 7) is 4.29. The van der Waals surface area contributed by atoms with E-state index in [1.165, 1.54) is 23.6 Å². The van der Waals surface area contributed by atoms with Gasteiger partial charge in [0.05, 0.1) is 4.90 Å². The van der Waals surface area contributed by atoms with Gasteiger partial charge in [0.2, 0.25) is 10.0 Å². The molecule has 2 aromatic rings. The molecule has 0 N–H and O–H groups in total. The normalized spacial score (nSPS) is 20.8. The monoisotopic (exact) mass is 439 g/mol. The maximum absolute atomic E-state index is 13.1. The summed E-state index contributed by atoms with van der Waals surface area (Å²) in [6, 6.07) is 15.1. The fourth-order valence-corrected chi connectivity index (χ4v) is 6.27. The third-order valence-electron chi connectivity index (χ3n) is 7.00. The Labute approximate surface area is 184 Å². The van der Waals surface area contributed by atoms with Crippen molar-refractivity contribution in [1.82, 2.24) is 14.1 Å². The predicted molar refractivity (Wildman–Crippen MR) is 119 cm³/mol. The summed E-state index contributed by atoms with van der Waals surface area (Å²) in [5.41, 5.74) is 2.78. The van der Waals surface area contributed by atoms with Crippen molar-refractivity contribution in [3.8, 4) is 0 Å². The van der Waals surface area contributed by atoms with E-state index < -0.39 is 10.0 Å². The van der Waals surface area contributed by atoms with Crippen LogP contribution in [0.5, 0.6) is 0 Å². The Morgan fingerprint density at radius 2 is 1.61 bits per heavy atom. The molecule has 0 aromatic heterocycles. The standard InChI is InChI=1S/C24H29N3O3S/c28-24(26-15-13-25(14-16-26)22-5-4-6-22)20-9-10-21-18-27(12-11-19(21)17-20)31(29,30)23-7-2-1-3-8-23/h1-3,7-10,17,22H,4-6,11-16,18H2. The third kappa shape index (κ3) is 4.02. The van der Waals surface area contributed by atoms with Crippen molar-refractivity contribution in [2.45, 2.75) is 43.2 Å². The third-order valence-corrected chi connectivity index (χ3v) is 8.86. The first-order valence-electron chi connectivity index (χ1n) is 11.2. The van der Waals surface area contributed by atoms with Crippen molar-refractivity contribution >= 4 is 15.9 Å². The summed E-state index contributed by atoms with van der Waals surface area (Å²) in [4.78, 5) is 17.9. The van der Waals surface area contributed by atoms with Gasteiger partial charge >= 0.3 is 0 Å². The van der Waals surface area contributed by atoms with Crippen LogP contribution in [0.4, 0.5) is 0 Å². The SMILES string of the molecule is O=C(c1ccc2c(c1)CCN(S(=O)(=O)c1ccccc1)C2)N1CCN(C2CCC2)CC1. The minimum atomic E-state index is -3.50. The second-order valence-electron chi connectivity index (χ2n) is 8.80. The van der Waals surface area contributed by atoms with Crippen LogP contribution in [-0.4, -0.2) is 67.2 Å². The number of rotatable bonds is 4. The largest absolute Gasteiger partial charge is 0.336 e. The summed E-state index contributed by atoms with van der Waals surface area (Å²) in [5.74, 6) is 0.0930. The van der Waals surface area contributed by atoms with Crippen LogP contribution in [0.15, 0.2) is 53.4 Å². The molecule has 1 saturated heterocycles. The quantitative estimate of drug-likeness (QED) is 0.735. The van der Waals surface area contributed by atoms with Crippen molar-refractivity contribution in [1.29, 1.82) is 0 Å². The Kier molecular flexibility index (Phi) is 5.58. The van der Waals surface area contributed by atoms with Crippen LogP contribution in [0.1, 0.15) is 40.7 Å². The van der Waals surface area contributed by atoms with Crippen molar-refractivity contribution in [2.24, 2.45) is 0 Å². The molecule has 0 unspecified atom stereocenters. The molecule has 0 bridgehead atoms. The maximum Gasteiger partial charge on any atom is 0.253 e. The predicted octanol–water partition coefficient (Wildman–Crippen LogP) is 2.74. The van der Waals surface area contributed by atoms with E-state index in [-0.39, 0.29) is 5.91 Å². The van der Waals surface area contributed by atoms with Gasteiger partial charge in [-0.1, -0.05) is 30.7 Å². The molecule has 0 radical (unpaired) electrons. The van der Waals surface area contributed by atoms with Crippen LogP contribution in [-0.2, 0) is 23.0 Å². The Morgan fingerprint density at radius 3 is 2.29 bits per heavy atom. The number of benzene rings is 2. The first-order valence-corrected chi connectivity index (χ1v) is 12.7. The molecule has 0 spiro atoms. The van der Waals surface area contributed by atoms with Gasteiger partial charge in [0.25, 0.3) is 5.91 Å². The highest BCUT2D eigenvalue weighted by molar-refractivity contribution is 7.89. The molecule has 1 amide bonds. The highest BCUT2D eigenvalue weighted by Gasteiger charge is 2.31. The summed E-state index contributed by atoms with van der Waals surface area (Å²) in [7, 11) is -3.50. The van der Waals surface area contributed by atoms with E-state index in [9.17, 15) is 13.2 Å². The van der Waals surface area contributed by atoms with Crippen LogP contribution in [0, 0.1) is 0 Å². The second kappa shape index (κ2) is 8.37. The molecule has 164 valence electrons. The minimum absolute atomic E-state index is 0.0930. The molecule has 2 aliphatic heterocycles. The molecule has 5 rings (SSSR count). The lowest BCUT2D eigenvalue weighted by Crippen LogP contribution is -2.53. The van der Waals surface area contributed by atoms with Crippen molar-refractivity contribution in [3.63, 3.8) is 0 Å². The molecule has 7 heteroatoms. The molecular weight excluding hydrogens is 410 g/mol. The fourth-order valence-electron chi connectivity index (χ4n) is 4.83. The zero-order valence-corrected chi connectivity index (χ0v) is 18.6. The highest BCUT2D eigenvalue weighted by Crippen LogP contribution is 2.28. The molecule has 2 fully saturated rings. The van der Waals surface area contributed by atoms with Crippen LogP contribution < -0.4 is 0 Å². The van der Waals surface area contributed by atoms with Crippen LogP contribution in [0.3, 0.4) is 0 Å². The molecule has 2 aromatic carbocycles. The number of hydrogen-bond acceptors (Lipinski definition) is 4. The van der Waals surface area contributed by atoms with E-state index in [0.29, 0.717) is 24.4 Å². The molecule has 2 heterocycles. The molecule has 6 nitrogen and oxygen atoms in total. The molecule has 31 heavy (non-hydrogen) atoms. The average Bonchev–Trinajstić information content (AvgIpc) is 2.78. The molecule has 0 atom stereocenters. The zero-order valence-electron chi connectivity index (χ0n) is 17.7. The van der Waals surface area contributed by atoms with E-state index >= 15 is 0 Å². The minimum Gasteiger partial charge on any atom is -0.336 e. The van der Waals surface area contributed by atoms with E-state index in [2.05, 4.69) is 4.90 Å². The summed E-state index contributed by atoms with van der Waals surface area (Å²) in [5, 5.41) is 0. The van der Waals surface area contributed by atoms with Gasteiger partial charge in [-0.3, -0.25) is 9.69 Å². The van der Waals surface area contributed by atoms with Crippen molar-refractivity contribution < 1.29 is 13.2 Å².